The van der Waals surface area contributed by atoms with E-state index >= 15 is 0 Å². The fourth-order valence-electron chi connectivity index (χ4n) is 3.04. The normalized spacial score (nSPS) is 14.6. The van der Waals surface area contributed by atoms with Gasteiger partial charge in [-0.3, -0.25) is 9.59 Å². The number of allylic oxidation sites excluding steroid dienone is 1. The number of halogens is 3. The molecule has 0 aliphatic carbocycles. The number of methoxy groups -OCH3 is 1. The summed E-state index contributed by atoms with van der Waals surface area (Å²) in [5, 5.41) is 0. The first-order valence-electron chi connectivity index (χ1n) is 8.77. The Morgan fingerprint density at radius 3 is 2.55 bits per heavy atom. The van der Waals surface area contributed by atoms with Crippen molar-refractivity contribution in [3.05, 3.63) is 64.7 Å². The molecule has 1 amide bonds. The number of carbonyl (C=O) groups excluding carboxylic acids is 2. The molecule has 8 heteroatoms. The Labute approximate surface area is 171 Å². The molecule has 0 radical (unpaired) electrons. The Bertz CT molecular complexity index is 985. The first-order valence-corrected chi connectivity index (χ1v) is 9.22. The van der Waals surface area contributed by atoms with E-state index in [1.807, 2.05) is 0 Å². The van der Waals surface area contributed by atoms with Gasteiger partial charge in [-0.05, 0) is 46.7 Å². The van der Waals surface area contributed by atoms with E-state index in [2.05, 4.69) is 12.6 Å². The quantitative estimate of drug-likeness (QED) is 0.549. The first kappa shape index (κ1) is 21.0. The van der Waals surface area contributed by atoms with E-state index in [1.54, 1.807) is 12.1 Å². The van der Waals surface area contributed by atoms with Crippen molar-refractivity contribution in [3.63, 3.8) is 0 Å². The van der Waals surface area contributed by atoms with E-state index in [4.69, 9.17) is 4.74 Å². The molecular weight excluding hydrogens is 403 g/mol. The molecule has 0 N–H and O–H groups in total. The lowest BCUT2D eigenvalue weighted by atomic mass is 9.99. The minimum Gasteiger partial charge on any atom is -0.496 e. The highest BCUT2D eigenvalue weighted by Crippen LogP contribution is 2.34. The number of ketones is 1. The van der Waals surface area contributed by atoms with Crippen LogP contribution in [0.2, 0.25) is 0 Å². The summed E-state index contributed by atoms with van der Waals surface area (Å²) in [6.07, 6.45) is -2.08. The number of benzene rings is 2. The number of hydrogen-bond acceptors (Lipinski definition) is 4. The average molecular weight is 421 g/mol. The van der Waals surface area contributed by atoms with Crippen LogP contribution in [0.5, 0.6) is 5.75 Å². The smallest absolute Gasteiger partial charge is 0.416 e. The number of Topliss-reactive ketones (excluding diaryl/α,β-unsaturated/α-hetero) is 1. The zero-order valence-corrected chi connectivity index (χ0v) is 16.4. The second-order valence-electron chi connectivity index (χ2n) is 6.56. The molecule has 2 aromatic rings. The fourth-order valence-corrected chi connectivity index (χ4v) is 3.30. The molecule has 0 saturated heterocycles. The SMILES string of the molecule is COc1cc(-c2cccc(C(F)(F)F)c2)ccc1C(=O)CN1C=C(S)CCC1=O. The molecule has 152 valence electrons. The number of carbonyl (C=O) groups is 2. The number of amides is 1. The van der Waals surface area contributed by atoms with Gasteiger partial charge < -0.3 is 9.64 Å². The monoisotopic (exact) mass is 421 g/mol. The molecule has 0 spiro atoms. The maximum atomic E-state index is 13.0. The minimum absolute atomic E-state index is 0.165. The Morgan fingerprint density at radius 1 is 1.14 bits per heavy atom. The summed E-state index contributed by atoms with van der Waals surface area (Å²) >= 11 is 4.24. The van der Waals surface area contributed by atoms with Crippen molar-refractivity contribution in [2.24, 2.45) is 0 Å². The van der Waals surface area contributed by atoms with Gasteiger partial charge in [0.05, 0.1) is 24.8 Å². The van der Waals surface area contributed by atoms with E-state index < -0.39 is 11.7 Å². The van der Waals surface area contributed by atoms with Gasteiger partial charge in [-0.25, -0.2) is 0 Å². The van der Waals surface area contributed by atoms with E-state index in [9.17, 15) is 22.8 Å². The third-order valence-electron chi connectivity index (χ3n) is 4.56. The van der Waals surface area contributed by atoms with Gasteiger partial charge in [0, 0.05) is 12.6 Å². The van der Waals surface area contributed by atoms with Gasteiger partial charge in [-0.1, -0.05) is 18.2 Å². The van der Waals surface area contributed by atoms with Crippen LogP contribution in [0.4, 0.5) is 13.2 Å². The van der Waals surface area contributed by atoms with Crippen LogP contribution >= 0.6 is 12.6 Å². The first-order chi connectivity index (χ1) is 13.7. The molecule has 0 bridgehead atoms. The van der Waals surface area contributed by atoms with Crippen LogP contribution in [0.3, 0.4) is 0 Å². The molecule has 0 aromatic heterocycles. The molecule has 2 aromatic carbocycles. The highest BCUT2D eigenvalue weighted by atomic mass is 32.1. The number of nitrogens with zero attached hydrogens (tertiary/aromatic N) is 1. The van der Waals surface area contributed by atoms with Gasteiger partial charge in [0.25, 0.3) is 0 Å². The van der Waals surface area contributed by atoms with E-state index in [1.165, 1.54) is 36.4 Å². The van der Waals surface area contributed by atoms with Gasteiger partial charge in [0.2, 0.25) is 5.91 Å². The molecule has 29 heavy (non-hydrogen) atoms. The van der Waals surface area contributed by atoms with Crippen molar-refractivity contribution in [2.75, 3.05) is 13.7 Å². The molecule has 0 atom stereocenters. The maximum Gasteiger partial charge on any atom is 0.416 e. The van der Waals surface area contributed by atoms with Gasteiger partial charge in [0.1, 0.15) is 5.75 Å². The largest absolute Gasteiger partial charge is 0.496 e. The molecule has 1 aliphatic heterocycles. The summed E-state index contributed by atoms with van der Waals surface area (Å²) in [5.74, 6) is -0.287. The van der Waals surface area contributed by atoms with Gasteiger partial charge in [-0.15, -0.1) is 12.6 Å². The van der Waals surface area contributed by atoms with Crippen LogP contribution in [0, 0.1) is 0 Å². The lowest BCUT2D eigenvalue weighted by Crippen LogP contribution is -2.33. The molecule has 0 saturated carbocycles. The van der Waals surface area contributed by atoms with Crippen molar-refractivity contribution < 1.29 is 27.5 Å². The molecule has 4 nitrogen and oxygen atoms in total. The highest BCUT2D eigenvalue weighted by Gasteiger charge is 2.30. The Balaban J connectivity index is 1.89. The molecule has 1 heterocycles. The Kier molecular flexibility index (Phi) is 6.02. The summed E-state index contributed by atoms with van der Waals surface area (Å²) < 4.78 is 44.2. The second-order valence-corrected chi connectivity index (χ2v) is 7.13. The standard InChI is InChI=1S/C21H18F3NO3S/c1-28-19-10-14(13-3-2-4-15(9-13)21(22,23)24)5-7-17(19)18(26)12-25-11-16(29)6-8-20(25)27/h2-5,7,9-11,29H,6,8,12H2,1H3. The molecular formula is C21H18F3NO3S. The third-order valence-corrected chi connectivity index (χ3v) is 4.90. The highest BCUT2D eigenvalue weighted by molar-refractivity contribution is 7.84. The Morgan fingerprint density at radius 2 is 1.86 bits per heavy atom. The van der Waals surface area contributed by atoms with Crippen LogP contribution < -0.4 is 4.74 Å². The number of hydrogen-bond donors (Lipinski definition) is 1. The number of rotatable bonds is 5. The summed E-state index contributed by atoms with van der Waals surface area (Å²) in [6.45, 7) is -0.165. The lowest BCUT2D eigenvalue weighted by Gasteiger charge is -2.23. The second kappa shape index (κ2) is 8.32. The van der Waals surface area contributed by atoms with Crippen molar-refractivity contribution in [1.82, 2.24) is 4.90 Å². The van der Waals surface area contributed by atoms with Crippen molar-refractivity contribution in [3.8, 4) is 16.9 Å². The van der Waals surface area contributed by atoms with E-state index in [0.717, 1.165) is 12.1 Å². The topological polar surface area (TPSA) is 46.6 Å². The van der Waals surface area contributed by atoms with Gasteiger partial charge in [-0.2, -0.15) is 13.2 Å². The van der Waals surface area contributed by atoms with Crippen molar-refractivity contribution >= 4 is 24.3 Å². The Hall–Kier alpha value is -2.74. The van der Waals surface area contributed by atoms with Crippen LogP contribution in [0.15, 0.2) is 53.6 Å². The van der Waals surface area contributed by atoms with Crippen molar-refractivity contribution in [2.45, 2.75) is 19.0 Å². The predicted octanol–water partition coefficient (Wildman–Crippen LogP) is 4.96. The summed E-state index contributed by atoms with van der Waals surface area (Å²) in [7, 11) is 1.37. The van der Waals surface area contributed by atoms with Crippen LogP contribution in [-0.2, 0) is 11.0 Å². The molecule has 3 rings (SSSR count). The maximum absolute atomic E-state index is 13.0. The number of ether oxygens (including phenoxy) is 1. The van der Waals surface area contributed by atoms with Crippen molar-refractivity contribution in [1.29, 1.82) is 0 Å². The summed E-state index contributed by atoms with van der Waals surface area (Å²) in [4.78, 5) is 26.7. The van der Waals surface area contributed by atoms with E-state index in [-0.39, 0.29) is 36.0 Å². The molecule has 0 fully saturated rings. The average Bonchev–Trinajstić information content (AvgIpc) is 2.69. The van der Waals surface area contributed by atoms with Crippen LogP contribution in [0.1, 0.15) is 28.8 Å². The number of thiol groups is 1. The van der Waals surface area contributed by atoms with E-state index in [0.29, 0.717) is 22.5 Å². The predicted molar refractivity (Wildman–Crippen MR) is 106 cm³/mol. The molecule has 1 aliphatic rings. The minimum atomic E-state index is -4.45. The third kappa shape index (κ3) is 4.82. The lowest BCUT2D eigenvalue weighted by molar-refractivity contribution is -0.137. The summed E-state index contributed by atoms with van der Waals surface area (Å²) in [5.41, 5.74) is 0.324. The van der Waals surface area contributed by atoms with Crippen LogP contribution in [-0.4, -0.2) is 30.2 Å². The van der Waals surface area contributed by atoms with Gasteiger partial charge in [0.15, 0.2) is 5.78 Å². The zero-order chi connectivity index (χ0) is 21.2. The molecule has 0 unspecified atom stereocenters. The number of alkyl halides is 3. The van der Waals surface area contributed by atoms with Gasteiger partial charge >= 0.3 is 6.18 Å². The van der Waals surface area contributed by atoms with Crippen LogP contribution in [0.25, 0.3) is 11.1 Å². The zero-order valence-electron chi connectivity index (χ0n) is 15.5. The summed E-state index contributed by atoms with van der Waals surface area (Å²) in [6, 6.07) is 9.49. The fraction of sp³-hybridized carbons (Fsp3) is 0.238.